The van der Waals surface area contributed by atoms with Crippen LogP contribution in [0, 0.1) is 4.77 Å². The minimum Gasteiger partial charge on any atom is -0.497 e. The molecule has 0 radical (unpaired) electrons. The minimum atomic E-state index is 0.600. The van der Waals surface area contributed by atoms with E-state index in [9.17, 15) is 0 Å². The van der Waals surface area contributed by atoms with Crippen LogP contribution in [0.2, 0.25) is 0 Å². The number of ether oxygens (including phenoxy) is 2. The monoisotopic (exact) mass is 301 g/mol. The second kappa shape index (κ2) is 5.57. The van der Waals surface area contributed by atoms with Gasteiger partial charge in [0.1, 0.15) is 5.75 Å². The number of imidazole rings is 1. The third-order valence-corrected chi connectivity index (χ3v) is 3.65. The van der Waals surface area contributed by atoms with Crippen molar-refractivity contribution in [3.05, 3.63) is 46.9 Å². The molecule has 0 unspecified atom stereocenters. The van der Waals surface area contributed by atoms with Gasteiger partial charge in [-0.1, -0.05) is 6.07 Å². The van der Waals surface area contributed by atoms with Crippen LogP contribution < -0.4 is 9.47 Å². The van der Waals surface area contributed by atoms with Crippen molar-refractivity contribution in [1.29, 1.82) is 0 Å². The van der Waals surface area contributed by atoms with Gasteiger partial charge in [-0.25, -0.2) is 4.98 Å². The van der Waals surface area contributed by atoms with Crippen LogP contribution in [0.15, 0.2) is 36.5 Å². The number of nitrogens with one attached hydrogen (secondary N) is 1. The van der Waals surface area contributed by atoms with Crippen molar-refractivity contribution in [2.45, 2.75) is 6.54 Å². The van der Waals surface area contributed by atoms with E-state index in [1.165, 1.54) is 0 Å². The van der Waals surface area contributed by atoms with E-state index in [0.717, 1.165) is 22.3 Å². The predicted octanol–water partition coefficient (Wildman–Crippen LogP) is 3.16. The van der Waals surface area contributed by atoms with Gasteiger partial charge in [0.15, 0.2) is 4.77 Å². The molecule has 0 saturated carbocycles. The Morgan fingerprint density at radius 2 is 2.05 bits per heavy atom. The molecule has 6 heteroatoms. The summed E-state index contributed by atoms with van der Waals surface area (Å²) in [7, 11) is 3.25. The first-order chi connectivity index (χ1) is 10.2. The number of fused-ring (bicyclic) bond motifs is 1. The van der Waals surface area contributed by atoms with Crippen LogP contribution in [-0.4, -0.2) is 28.8 Å². The number of aromatic nitrogens is 3. The molecule has 3 rings (SSSR count). The van der Waals surface area contributed by atoms with Gasteiger partial charge >= 0.3 is 0 Å². The van der Waals surface area contributed by atoms with Crippen LogP contribution in [-0.2, 0) is 6.54 Å². The van der Waals surface area contributed by atoms with Crippen LogP contribution in [0.1, 0.15) is 5.56 Å². The molecule has 1 N–H and O–H groups in total. The zero-order chi connectivity index (χ0) is 14.8. The lowest BCUT2D eigenvalue weighted by Crippen LogP contribution is -2.00. The van der Waals surface area contributed by atoms with E-state index in [-0.39, 0.29) is 0 Å². The Morgan fingerprint density at radius 3 is 2.71 bits per heavy atom. The molecule has 1 aromatic carbocycles. The molecule has 0 bridgehead atoms. The summed E-state index contributed by atoms with van der Waals surface area (Å²) in [6.45, 7) is 0.642. The molecule has 0 atom stereocenters. The van der Waals surface area contributed by atoms with Gasteiger partial charge in [-0.15, -0.1) is 0 Å². The van der Waals surface area contributed by atoms with E-state index < -0.39 is 0 Å². The number of methoxy groups -OCH3 is 2. The summed E-state index contributed by atoms with van der Waals surface area (Å²) in [4.78, 5) is 7.41. The van der Waals surface area contributed by atoms with Crippen molar-refractivity contribution in [2.24, 2.45) is 0 Å². The largest absolute Gasteiger partial charge is 0.497 e. The highest BCUT2D eigenvalue weighted by Gasteiger charge is 2.07. The summed E-state index contributed by atoms with van der Waals surface area (Å²) in [6, 6.07) is 9.67. The van der Waals surface area contributed by atoms with Crippen LogP contribution >= 0.6 is 12.2 Å². The number of H-pyrrole nitrogens is 1. The molecular weight excluding hydrogens is 286 g/mol. The smallest absolute Gasteiger partial charge is 0.212 e. The quantitative estimate of drug-likeness (QED) is 0.752. The maximum Gasteiger partial charge on any atom is 0.212 e. The molecule has 2 aromatic heterocycles. The summed E-state index contributed by atoms with van der Waals surface area (Å²) >= 11 is 5.40. The van der Waals surface area contributed by atoms with Crippen molar-refractivity contribution in [1.82, 2.24) is 14.5 Å². The normalized spacial score (nSPS) is 10.8. The van der Waals surface area contributed by atoms with Crippen molar-refractivity contribution in [2.75, 3.05) is 14.2 Å². The van der Waals surface area contributed by atoms with Crippen LogP contribution in [0.25, 0.3) is 11.0 Å². The Labute approximate surface area is 127 Å². The SMILES string of the molecule is COc1ccc2[nH]c(=S)n(Cc3ccc(OC)nc3)c2c1. The summed E-state index contributed by atoms with van der Waals surface area (Å²) < 4.78 is 13.0. The predicted molar refractivity (Wildman–Crippen MR) is 83.6 cm³/mol. The Balaban J connectivity index is 2.02. The molecule has 0 aliphatic carbocycles. The Bertz CT molecular complexity index is 821. The van der Waals surface area contributed by atoms with Gasteiger partial charge in [0.2, 0.25) is 5.88 Å². The molecule has 21 heavy (non-hydrogen) atoms. The molecule has 0 spiro atoms. The fraction of sp³-hybridized carbons (Fsp3) is 0.200. The molecule has 0 aliphatic heterocycles. The second-order valence-corrected chi connectivity index (χ2v) is 4.99. The van der Waals surface area contributed by atoms with Gasteiger partial charge in [-0.2, -0.15) is 0 Å². The Hall–Kier alpha value is -2.34. The van der Waals surface area contributed by atoms with E-state index in [2.05, 4.69) is 9.97 Å². The highest BCUT2D eigenvalue weighted by molar-refractivity contribution is 7.71. The maximum absolute atomic E-state index is 5.40. The minimum absolute atomic E-state index is 0.600. The van der Waals surface area contributed by atoms with Crippen LogP contribution in [0.5, 0.6) is 11.6 Å². The average Bonchev–Trinajstić information content (AvgIpc) is 2.83. The molecule has 0 aliphatic rings. The topological polar surface area (TPSA) is 52.1 Å². The fourth-order valence-corrected chi connectivity index (χ4v) is 2.50. The van der Waals surface area contributed by atoms with Crippen molar-refractivity contribution < 1.29 is 9.47 Å². The molecule has 0 amide bonds. The Kier molecular flexibility index (Phi) is 3.62. The maximum atomic E-state index is 5.40. The van der Waals surface area contributed by atoms with Crippen molar-refractivity contribution >= 4 is 23.3 Å². The standard InChI is InChI=1S/C15H15N3O2S/c1-19-11-4-5-12-13(7-11)18(15(21)17-12)9-10-3-6-14(20-2)16-8-10/h3-8H,9H2,1-2H3,(H,17,21). The van der Waals surface area contributed by atoms with Gasteiger partial charge in [0.05, 0.1) is 31.8 Å². The number of hydrogen-bond acceptors (Lipinski definition) is 4. The van der Waals surface area contributed by atoms with E-state index in [1.807, 2.05) is 34.9 Å². The van der Waals surface area contributed by atoms with Crippen LogP contribution in [0.3, 0.4) is 0 Å². The third-order valence-electron chi connectivity index (χ3n) is 3.33. The lowest BCUT2D eigenvalue weighted by molar-refractivity contribution is 0.397. The first-order valence-electron chi connectivity index (χ1n) is 6.47. The van der Waals surface area contributed by atoms with E-state index >= 15 is 0 Å². The molecule has 0 fully saturated rings. The summed E-state index contributed by atoms with van der Waals surface area (Å²) in [6.07, 6.45) is 1.79. The Morgan fingerprint density at radius 1 is 1.19 bits per heavy atom. The number of benzene rings is 1. The lowest BCUT2D eigenvalue weighted by atomic mass is 10.2. The molecule has 108 valence electrons. The first-order valence-corrected chi connectivity index (χ1v) is 6.87. The highest BCUT2D eigenvalue weighted by atomic mass is 32.1. The van der Waals surface area contributed by atoms with E-state index in [4.69, 9.17) is 21.7 Å². The number of nitrogens with zero attached hydrogens (tertiary/aromatic N) is 2. The summed E-state index contributed by atoms with van der Waals surface area (Å²) in [5.41, 5.74) is 3.05. The summed E-state index contributed by atoms with van der Waals surface area (Å²) in [5.74, 6) is 1.40. The van der Waals surface area contributed by atoms with Gasteiger partial charge < -0.3 is 19.0 Å². The molecular formula is C15H15N3O2S. The van der Waals surface area contributed by atoms with Crippen molar-refractivity contribution in [3.8, 4) is 11.6 Å². The fourth-order valence-electron chi connectivity index (χ4n) is 2.22. The van der Waals surface area contributed by atoms with Gasteiger partial charge in [-0.3, -0.25) is 0 Å². The summed E-state index contributed by atoms with van der Waals surface area (Å²) in [5, 5.41) is 0. The second-order valence-electron chi connectivity index (χ2n) is 4.61. The van der Waals surface area contributed by atoms with E-state index in [1.54, 1.807) is 20.4 Å². The average molecular weight is 301 g/mol. The molecule has 2 heterocycles. The van der Waals surface area contributed by atoms with Crippen molar-refractivity contribution in [3.63, 3.8) is 0 Å². The number of aromatic amines is 1. The molecule has 0 saturated heterocycles. The van der Waals surface area contributed by atoms with E-state index in [0.29, 0.717) is 17.2 Å². The van der Waals surface area contributed by atoms with Gasteiger partial charge in [0, 0.05) is 18.3 Å². The first kappa shape index (κ1) is 13.6. The zero-order valence-corrected chi connectivity index (χ0v) is 12.6. The van der Waals surface area contributed by atoms with Gasteiger partial charge in [-0.05, 0) is 29.9 Å². The van der Waals surface area contributed by atoms with Gasteiger partial charge in [0.25, 0.3) is 0 Å². The number of rotatable bonds is 4. The number of hydrogen-bond donors (Lipinski definition) is 1. The highest BCUT2D eigenvalue weighted by Crippen LogP contribution is 2.21. The zero-order valence-electron chi connectivity index (χ0n) is 11.8. The molecule has 3 aromatic rings. The van der Waals surface area contributed by atoms with Crippen LogP contribution in [0.4, 0.5) is 0 Å². The number of pyridine rings is 1. The third kappa shape index (κ3) is 2.62. The molecule has 5 nitrogen and oxygen atoms in total. The lowest BCUT2D eigenvalue weighted by Gasteiger charge is -2.06.